The van der Waals surface area contributed by atoms with Gasteiger partial charge in [-0.3, -0.25) is 9.89 Å². The lowest BCUT2D eigenvalue weighted by atomic mass is 9.82. The number of amides is 1. The fourth-order valence-electron chi connectivity index (χ4n) is 3.95. The Morgan fingerprint density at radius 2 is 2.16 bits per heavy atom. The van der Waals surface area contributed by atoms with Crippen LogP contribution < -0.4 is 0 Å². The Kier molecular flexibility index (Phi) is 3.39. The van der Waals surface area contributed by atoms with Crippen molar-refractivity contribution in [2.75, 3.05) is 19.7 Å². The Morgan fingerprint density at radius 3 is 3.04 bits per heavy atom. The van der Waals surface area contributed by atoms with Gasteiger partial charge in [0.1, 0.15) is 5.69 Å². The molecule has 128 valence electrons. The first-order valence-corrected chi connectivity index (χ1v) is 9.43. The van der Waals surface area contributed by atoms with Gasteiger partial charge in [0.05, 0.1) is 18.4 Å². The average Bonchev–Trinajstić information content (AvgIpc) is 3.31. The van der Waals surface area contributed by atoms with E-state index in [0.29, 0.717) is 24.4 Å². The van der Waals surface area contributed by atoms with E-state index in [-0.39, 0.29) is 11.5 Å². The first-order valence-electron chi connectivity index (χ1n) is 8.55. The summed E-state index contributed by atoms with van der Waals surface area (Å²) in [6, 6.07) is 5.86. The number of aromatic amines is 1. The molecule has 3 aromatic rings. The van der Waals surface area contributed by atoms with Crippen molar-refractivity contribution in [1.82, 2.24) is 20.1 Å². The molecule has 1 spiro atoms. The number of rotatable bonds is 1. The summed E-state index contributed by atoms with van der Waals surface area (Å²) in [5.41, 5.74) is 2.25. The van der Waals surface area contributed by atoms with Gasteiger partial charge in [0.15, 0.2) is 5.65 Å². The number of hydrogen-bond acceptors (Lipinski definition) is 5. The minimum atomic E-state index is -0.203. The number of carbonyl (C=O) groups is 1. The van der Waals surface area contributed by atoms with Crippen molar-refractivity contribution < 1.29 is 9.53 Å². The Morgan fingerprint density at radius 1 is 1.28 bits per heavy atom. The SMILES string of the molecule is O=C(c1ccc2cn[nH]c2n1)N1CCC2(CC1)OCCc1sccc12. The Bertz CT molecular complexity index is 939. The number of aromatic nitrogens is 3. The quantitative estimate of drug-likeness (QED) is 0.729. The van der Waals surface area contributed by atoms with E-state index >= 15 is 0 Å². The van der Waals surface area contributed by atoms with Crippen LogP contribution in [0.3, 0.4) is 0 Å². The van der Waals surface area contributed by atoms with Gasteiger partial charge in [-0.15, -0.1) is 11.3 Å². The topological polar surface area (TPSA) is 71.1 Å². The number of ether oxygens (including phenoxy) is 1. The Balaban J connectivity index is 1.36. The van der Waals surface area contributed by atoms with Crippen LogP contribution in [-0.2, 0) is 16.8 Å². The van der Waals surface area contributed by atoms with Crippen LogP contribution in [0.25, 0.3) is 11.0 Å². The number of pyridine rings is 1. The first-order chi connectivity index (χ1) is 12.3. The van der Waals surface area contributed by atoms with Crippen LogP contribution in [-0.4, -0.2) is 45.7 Å². The lowest BCUT2D eigenvalue weighted by Gasteiger charge is -2.44. The summed E-state index contributed by atoms with van der Waals surface area (Å²) in [5.74, 6) is -0.0206. The van der Waals surface area contributed by atoms with Crippen LogP contribution >= 0.6 is 11.3 Å². The largest absolute Gasteiger partial charge is 0.370 e. The molecule has 6 nitrogen and oxygen atoms in total. The van der Waals surface area contributed by atoms with Crippen LogP contribution in [0.4, 0.5) is 0 Å². The maximum atomic E-state index is 12.8. The summed E-state index contributed by atoms with van der Waals surface area (Å²) in [6.07, 6.45) is 4.40. The van der Waals surface area contributed by atoms with Crippen LogP contribution in [0.1, 0.15) is 33.8 Å². The van der Waals surface area contributed by atoms with Crippen molar-refractivity contribution >= 4 is 28.3 Å². The zero-order chi connectivity index (χ0) is 16.9. The summed E-state index contributed by atoms with van der Waals surface area (Å²) < 4.78 is 6.21. The van der Waals surface area contributed by atoms with Crippen LogP contribution in [0.2, 0.25) is 0 Å². The molecule has 0 radical (unpaired) electrons. The molecule has 5 heterocycles. The number of fused-ring (bicyclic) bond motifs is 3. The number of thiophene rings is 1. The van der Waals surface area contributed by atoms with Crippen molar-refractivity contribution in [2.45, 2.75) is 24.9 Å². The zero-order valence-corrected chi connectivity index (χ0v) is 14.5. The molecule has 7 heteroatoms. The molecule has 25 heavy (non-hydrogen) atoms. The molecule has 5 rings (SSSR count). The van der Waals surface area contributed by atoms with Gasteiger partial charge in [0, 0.05) is 29.8 Å². The van der Waals surface area contributed by atoms with Crippen molar-refractivity contribution in [1.29, 1.82) is 0 Å². The third kappa shape index (κ3) is 2.38. The number of nitrogens with one attached hydrogen (secondary N) is 1. The second-order valence-corrected chi connectivity index (χ2v) is 7.65. The van der Waals surface area contributed by atoms with E-state index in [0.717, 1.165) is 31.3 Å². The van der Waals surface area contributed by atoms with E-state index in [2.05, 4.69) is 26.6 Å². The highest BCUT2D eigenvalue weighted by Gasteiger charge is 2.42. The van der Waals surface area contributed by atoms with Gasteiger partial charge in [0.2, 0.25) is 0 Å². The lowest BCUT2D eigenvalue weighted by Crippen LogP contribution is -2.48. The van der Waals surface area contributed by atoms with Crippen LogP contribution in [0, 0.1) is 0 Å². The molecular weight excluding hydrogens is 336 g/mol. The number of piperidine rings is 1. The van der Waals surface area contributed by atoms with Crippen molar-refractivity contribution in [3.63, 3.8) is 0 Å². The van der Waals surface area contributed by atoms with E-state index < -0.39 is 0 Å². The van der Waals surface area contributed by atoms with Gasteiger partial charge >= 0.3 is 0 Å². The fourth-order valence-corrected chi connectivity index (χ4v) is 4.90. The highest BCUT2D eigenvalue weighted by atomic mass is 32.1. The van der Waals surface area contributed by atoms with Gasteiger partial charge < -0.3 is 9.64 Å². The molecule has 0 bridgehead atoms. The highest BCUT2D eigenvalue weighted by molar-refractivity contribution is 7.10. The van der Waals surface area contributed by atoms with Gasteiger partial charge in [-0.05, 0) is 42.0 Å². The second-order valence-electron chi connectivity index (χ2n) is 6.65. The molecule has 2 aliphatic heterocycles. The molecule has 0 atom stereocenters. The number of hydrogen-bond donors (Lipinski definition) is 1. The molecule has 0 aromatic carbocycles. The standard InChI is InChI=1S/C18H18N4O2S/c23-17(14-2-1-12-11-19-21-16(12)20-14)22-7-5-18(6-8-22)13-4-10-25-15(13)3-9-24-18/h1-2,4,10-11H,3,5-9H2,(H,19,20,21). The summed E-state index contributed by atoms with van der Waals surface area (Å²) in [6.45, 7) is 2.16. The second kappa shape index (κ2) is 5.64. The molecule has 0 unspecified atom stereocenters. The maximum absolute atomic E-state index is 12.8. The minimum Gasteiger partial charge on any atom is -0.370 e. The molecule has 1 fully saturated rings. The molecule has 0 aliphatic carbocycles. The monoisotopic (exact) mass is 354 g/mol. The number of carbonyl (C=O) groups excluding carboxylic acids is 1. The molecular formula is C18H18N4O2S. The maximum Gasteiger partial charge on any atom is 0.272 e. The minimum absolute atomic E-state index is 0.0206. The fraction of sp³-hybridized carbons (Fsp3) is 0.389. The number of H-pyrrole nitrogens is 1. The third-order valence-electron chi connectivity index (χ3n) is 5.32. The average molecular weight is 354 g/mol. The normalized spacial score (nSPS) is 19.3. The van der Waals surface area contributed by atoms with Crippen molar-refractivity contribution in [2.24, 2.45) is 0 Å². The van der Waals surface area contributed by atoms with Gasteiger partial charge in [0.25, 0.3) is 5.91 Å². The van der Waals surface area contributed by atoms with E-state index in [9.17, 15) is 4.79 Å². The summed E-state index contributed by atoms with van der Waals surface area (Å²) in [5, 5.41) is 9.85. The number of likely N-dealkylation sites (tertiary alicyclic amines) is 1. The van der Waals surface area contributed by atoms with E-state index in [1.165, 1.54) is 10.4 Å². The molecule has 1 amide bonds. The smallest absolute Gasteiger partial charge is 0.272 e. The van der Waals surface area contributed by atoms with E-state index in [1.807, 2.05) is 22.3 Å². The summed E-state index contributed by atoms with van der Waals surface area (Å²) in [7, 11) is 0. The molecule has 1 saturated heterocycles. The van der Waals surface area contributed by atoms with Gasteiger partial charge in [-0.2, -0.15) is 5.10 Å². The third-order valence-corrected chi connectivity index (χ3v) is 6.30. The van der Waals surface area contributed by atoms with Crippen LogP contribution in [0.5, 0.6) is 0 Å². The van der Waals surface area contributed by atoms with Crippen molar-refractivity contribution in [3.05, 3.63) is 45.9 Å². The lowest BCUT2D eigenvalue weighted by molar-refractivity contribution is -0.0926. The number of nitrogens with zero attached hydrogens (tertiary/aromatic N) is 3. The van der Waals surface area contributed by atoms with E-state index in [4.69, 9.17) is 4.74 Å². The zero-order valence-electron chi connectivity index (χ0n) is 13.7. The van der Waals surface area contributed by atoms with Gasteiger partial charge in [-0.1, -0.05) is 0 Å². The predicted octanol–water partition coefficient (Wildman–Crippen LogP) is 2.72. The van der Waals surface area contributed by atoms with Crippen LogP contribution in [0.15, 0.2) is 29.8 Å². The van der Waals surface area contributed by atoms with Crippen molar-refractivity contribution in [3.8, 4) is 0 Å². The van der Waals surface area contributed by atoms with Gasteiger partial charge in [-0.25, -0.2) is 4.98 Å². The Hall–Kier alpha value is -2.25. The Labute approximate surface area is 148 Å². The summed E-state index contributed by atoms with van der Waals surface area (Å²) in [4.78, 5) is 20.6. The highest BCUT2D eigenvalue weighted by Crippen LogP contribution is 2.43. The molecule has 0 saturated carbocycles. The first kappa shape index (κ1) is 15.0. The molecule has 1 N–H and O–H groups in total. The van der Waals surface area contributed by atoms with E-state index in [1.54, 1.807) is 12.3 Å². The predicted molar refractivity (Wildman–Crippen MR) is 94.7 cm³/mol. The molecule has 3 aromatic heterocycles. The summed E-state index contributed by atoms with van der Waals surface area (Å²) >= 11 is 1.82. The molecule has 2 aliphatic rings.